The molecule has 3 aromatic heterocycles. The van der Waals surface area contributed by atoms with Gasteiger partial charge in [0.25, 0.3) is 11.8 Å². The summed E-state index contributed by atoms with van der Waals surface area (Å²) in [6.45, 7) is 4.35. The Balaban J connectivity index is 1.37. The summed E-state index contributed by atoms with van der Waals surface area (Å²) in [6, 6.07) is 5.37. The van der Waals surface area contributed by atoms with Crippen LogP contribution in [0.3, 0.4) is 0 Å². The Hall–Kier alpha value is -4.55. The molecule has 1 fully saturated rings. The average Bonchev–Trinajstić information content (AvgIpc) is 3.52. The number of aromatic nitrogens is 4. The molecule has 36 heavy (non-hydrogen) atoms. The Bertz CT molecular complexity index is 1570. The van der Waals surface area contributed by atoms with E-state index in [0.717, 1.165) is 10.7 Å². The SMILES string of the molecule is CC(C)N1CC[C@H](NC(=O)c2cc(C(=O)NCc3ccc4oc(=O)[nH]c4c3)nc3c(F)cnn23)C1=O. The predicted molar refractivity (Wildman–Crippen MR) is 124 cm³/mol. The number of oxazole rings is 1. The molecule has 4 aromatic rings. The number of halogens is 1. The number of H-pyrrole nitrogens is 1. The lowest BCUT2D eigenvalue weighted by molar-refractivity contribution is -0.130. The fourth-order valence-corrected chi connectivity index (χ4v) is 4.18. The molecular formula is C23H22FN7O5. The van der Waals surface area contributed by atoms with Crippen LogP contribution in [0.15, 0.2) is 39.7 Å². The molecule has 1 saturated heterocycles. The van der Waals surface area contributed by atoms with E-state index in [0.29, 0.717) is 29.6 Å². The molecule has 186 valence electrons. The van der Waals surface area contributed by atoms with Crippen molar-refractivity contribution in [3.63, 3.8) is 0 Å². The van der Waals surface area contributed by atoms with Crippen LogP contribution in [-0.4, -0.2) is 60.8 Å². The van der Waals surface area contributed by atoms with Gasteiger partial charge in [0.1, 0.15) is 17.4 Å². The highest BCUT2D eigenvalue weighted by molar-refractivity contribution is 6.00. The van der Waals surface area contributed by atoms with Gasteiger partial charge in [-0.15, -0.1) is 0 Å². The van der Waals surface area contributed by atoms with Gasteiger partial charge in [-0.2, -0.15) is 5.10 Å². The van der Waals surface area contributed by atoms with Crippen LogP contribution in [0, 0.1) is 5.82 Å². The lowest BCUT2D eigenvalue weighted by Crippen LogP contribution is -2.43. The third-order valence-corrected chi connectivity index (χ3v) is 6.00. The number of amides is 3. The molecule has 0 radical (unpaired) electrons. The maximum absolute atomic E-state index is 14.3. The number of hydrogen-bond donors (Lipinski definition) is 3. The van der Waals surface area contributed by atoms with Crippen molar-refractivity contribution in [3.05, 3.63) is 63.8 Å². The second-order valence-electron chi connectivity index (χ2n) is 8.72. The first-order chi connectivity index (χ1) is 17.2. The molecule has 13 heteroatoms. The highest BCUT2D eigenvalue weighted by atomic mass is 19.1. The van der Waals surface area contributed by atoms with Crippen molar-refractivity contribution >= 4 is 34.5 Å². The van der Waals surface area contributed by atoms with Crippen LogP contribution in [0.1, 0.15) is 46.8 Å². The summed E-state index contributed by atoms with van der Waals surface area (Å²) < 4.78 is 20.3. The smallest absolute Gasteiger partial charge is 0.408 e. The van der Waals surface area contributed by atoms with Crippen molar-refractivity contribution in [2.24, 2.45) is 0 Å². The number of carbonyl (C=O) groups excluding carboxylic acids is 3. The van der Waals surface area contributed by atoms with Crippen molar-refractivity contribution < 1.29 is 23.2 Å². The van der Waals surface area contributed by atoms with Crippen molar-refractivity contribution in [3.8, 4) is 0 Å². The first kappa shape index (κ1) is 23.2. The number of likely N-dealkylation sites (tertiary alicyclic amines) is 1. The Labute approximate surface area is 202 Å². The minimum atomic E-state index is -0.809. The standard InChI is InChI=1S/C23H22FN7O5/c1-11(2)30-6-5-14(22(30)34)28-21(33)17-8-16(27-19-13(24)10-26-31(17)19)20(32)25-9-12-3-4-18-15(7-12)29-23(35)36-18/h3-4,7-8,10-11,14H,5-6,9H2,1-2H3,(H,25,32)(H,28,33)(H,29,35)/t14-/m0/s1. The fourth-order valence-electron chi connectivity index (χ4n) is 4.18. The van der Waals surface area contributed by atoms with E-state index in [1.165, 1.54) is 6.07 Å². The summed E-state index contributed by atoms with van der Waals surface area (Å²) in [5.74, 6) is -2.94. The van der Waals surface area contributed by atoms with E-state index >= 15 is 0 Å². The summed E-state index contributed by atoms with van der Waals surface area (Å²) in [5.41, 5.74) is 0.882. The van der Waals surface area contributed by atoms with E-state index in [4.69, 9.17) is 4.42 Å². The normalized spacial score (nSPS) is 15.8. The molecule has 0 spiro atoms. The van der Waals surface area contributed by atoms with Gasteiger partial charge in [0.05, 0.1) is 11.7 Å². The fraction of sp³-hybridized carbons (Fsp3) is 0.304. The van der Waals surface area contributed by atoms with Gasteiger partial charge in [0.15, 0.2) is 17.0 Å². The minimum Gasteiger partial charge on any atom is -0.408 e. The molecule has 5 rings (SSSR count). The minimum absolute atomic E-state index is 0.00277. The lowest BCUT2D eigenvalue weighted by atomic mass is 10.2. The van der Waals surface area contributed by atoms with E-state index in [-0.39, 0.29) is 35.5 Å². The van der Waals surface area contributed by atoms with Crippen molar-refractivity contribution in [2.45, 2.75) is 38.9 Å². The van der Waals surface area contributed by atoms with E-state index in [1.54, 1.807) is 23.1 Å². The first-order valence-electron chi connectivity index (χ1n) is 11.3. The second kappa shape index (κ2) is 8.91. The van der Waals surface area contributed by atoms with Gasteiger partial charge < -0.3 is 20.0 Å². The zero-order chi connectivity index (χ0) is 25.6. The summed E-state index contributed by atoms with van der Waals surface area (Å²) >= 11 is 0. The van der Waals surface area contributed by atoms with E-state index in [2.05, 4.69) is 25.7 Å². The van der Waals surface area contributed by atoms with Crippen LogP contribution in [0.5, 0.6) is 0 Å². The zero-order valence-electron chi connectivity index (χ0n) is 19.4. The molecule has 1 atom stereocenters. The molecular weight excluding hydrogens is 473 g/mol. The summed E-state index contributed by atoms with van der Waals surface area (Å²) in [4.78, 5) is 58.1. The van der Waals surface area contributed by atoms with Gasteiger partial charge in [-0.1, -0.05) is 6.07 Å². The topological polar surface area (TPSA) is 155 Å². The van der Waals surface area contributed by atoms with Crippen LogP contribution in [0.25, 0.3) is 16.7 Å². The molecule has 4 heterocycles. The molecule has 0 unspecified atom stereocenters. The molecule has 1 aliphatic rings. The van der Waals surface area contributed by atoms with E-state index < -0.39 is 29.4 Å². The van der Waals surface area contributed by atoms with Gasteiger partial charge in [-0.05, 0) is 38.0 Å². The van der Waals surface area contributed by atoms with Crippen LogP contribution in [0.4, 0.5) is 4.39 Å². The Morgan fingerprint density at radius 1 is 1.25 bits per heavy atom. The summed E-state index contributed by atoms with van der Waals surface area (Å²) in [6.07, 6.45) is 1.33. The molecule has 1 aliphatic heterocycles. The van der Waals surface area contributed by atoms with Crippen LogP contribution in [-0.2, 0) is 11.3 Å². The van der Waals surface area contributed by atoms with Gasteiger partial charge in [0.2, 0.25) is 5.91 Å². The highest BCUT2D eigenvalue weighted by Crippen LogP contribution is 2.17. The number of fused-ring (bicyclic) bond motifs is 2. The third-order valence-electron chi connectivity index (χ3n) is 6.00. The van der Waals surface area contributed by atoms with Crippen LogP contribution >= 0.6 is 0 Å². The van der Waals surface area contributed by atoms with Crippen molar-refractivity contribution in [1.82, 2.24) is 35.1 Å². The molecule has 1 aromatic carbocycles. The Morgan fingerprint density at radius 3 is 2.81 bits per heavy atom. The van der Waals surface area contributed by atoms with Crippen molar-refractivity contribution in [2.75, 3.05) is 6.54 Å². The first-order valence-corrected chi connectivity index (χ1v) is 11.3. The summed E-state index contributed by atoms with van der Waals surface area (Å²) in [7, 11) is 0. The Morgan fingerprint density at radius 2 is 2.06 bits per heavy atom. The van der Waals surface area contributed by atoms with Gasteiger partial charge in [-0.3, -0.25) is 19.4 Å². The summed E-state index contributed by atoms with van der Waals surface area (Å²) in [5, 5.41) is 9.18. The lowest BCUT2D eigenvalue weighted by Gasteiger charge is -2.21. The number of nitrogens with zero attached hydrogens (tertiary/aromatic N) is 4. The van der Waals surface area contributed by atoms with Gasteiger partial charge in [0, 0.05) is 25.2 Å². The number of benzene rings is 1. The molecule has 3 N–H and O–H groups in total. The number of hydrogen-bond acceptors (Lipinski definition) is 7. The van der Waals surface area contributed by atoms with Crippen LogP contribution in [0.2, 0.25) is 0 Å². The molecule has 0 bridgehead atoms. The highest BCUT2D eigenvalue weighted by Gasteiger charge is 2.34. The largest absolute Gasteiger partial charge is 0.417 e. The third kappa shape index (κ3) is 4.19. The average molecular weight is 495 g/mol. The molecule has 12 nitrogen and oxygen atoms in total. The monoisotopic (exact) mass is 495 g/mol. The maximum atomic E-state index is 14.3. The van der Waals surface area contributed by atoms with E-state index in [1.807, 2.05) is 13.8 Å². The molecule has 0 aliphatic carbocycles. The van der Waals surface area contributed by atoms with Gasteiger partial charge >= 0.3 is 5.76 Å². The maximum Gasteiger partial charge on any atom is 0.417 e. The number of rotatable bonds is 6. The number of carbonyl (C=O) groups is 3. The Kier molecular flexibility index (Phi) is 5.74. The molecule has 3 amide bonds. The van der Waals surface area contributed by atoms with Crippen molar-refractivity contribution in [1.29, 1.82) is 0 Å². The molecule has 0 saturated carbocycles. The zero-order valence-corrected chi connectivity index (χ0v) is 19.4. The number of nitrogens with one attached hydrogen (secondary N) is 3. The quantitative estimate of drug-likeness (QED) is 0.360. The van der Waals surface area contributed by atoms with E-state index in [9.17, 15) is 23.6 Å². The predicted octanol–water partition coefficient (Wildman–Crippen LogP) is 0.972. The number of aromatic amines is 1. The van der Waals surface area contributed by atoms with Gasteiger partial charge in [-0.25, -0.2) is 18.7 Å². The van der Waals surface area contributed by atoms with Crippen LogP contribution < -0.4 is 16.4 Å². The second-order valence-corrected chi connectivity index (χ2v) is 8.72.